The van der Waals surface area contributed by atoms with Gasteiger partial charge in [0.1, 0.15) is 0 Å². The first-order valence-corrected chi connectivity index (χ1v) is 10.4. The van der Waals surface area contributed by atoms with Gasteiger partial charge in [-0.25, -0.2) is 0 Å². The van der Waals surface area contributed by atoms with E-state index in [1.807, 2.05) is 25.1 Å². The first-order valence-electron chi connectivity index (χ1n) is 10.4. The van der Waals surface area contributed by atoms with E-state index in [2.05, 4.69) is 48.3 Å². The molecule has 1 aliphatic heterocycles. The van der Waals surface area contributed by atoms with Crippen LogP contribution >= 0.6 is 0 Å². The molecule has 0 bridgehead atoms. The highest BCUT2D eigenvalue weighted by Gasteiger charge is 2.22. The van der Waals surface area contributed by atoms with E-state index in [1.165, 1.54) is 5.56 Å². The number of hydrogen-bond donors (Lipinski definition) is 1. The van der Waals surface area contributed by atoms with Gasteiger partial charge in [0.05, 0.1) is 0 Å². The fraction of sp³-hybridized carbons (Fsp3) is 0.417. The molecule has 2 aromatic rings. The lowest BCUT2D eigenvalue weighted by atomic mass is 10.1. The van der Waals surface area contributed by atoms with Gasteiger partial charge < -0.3 is 10.2 Å². The Hall–Kier alpha value is -2.66. The number of amides is 2. The van der Waals surface area contributed by atoms with Gasteiger partial charge in [-0.1, -0.05) is 30.3 Å². The number of hydrogen-bond acceptors (Lipinski definition) is 3. The van der Waals surface area contributed by atoms with Crippen molar-refractivity contribution in [2.45, 2.75) is 52.2 Å². The average Bonchev–Trinajstić information content (AvgIpc) is 3.14. The molecule has 0 aromatic heterocycles. The van der Waals surface area contributed by atoms with Crippen LogP contribution in [-0.4, -0.2) is 41.9 Å². The second kappa shape index (κ2) is 9.70. The maximum absolute atomic E-state index is 12.7. The van der Waals surface area contributed by atoms with E-state index in [-0.39, 0.29) is 17.9 Å². The number of rotatable bonds is 8. The van der Waals surface area contributed by atoms with Crippen molar-refractivity contribution < 1.29 is 9.59 Å². The summed E-state index contributed by atoms with van der Waals surface area (Å²) in [6.45, 7) is 8.78. The molecule has 1 atom stereocenters. The van der Waals surface area contributed by atoms with Crippen LogP contribution in [-0.2, 0) is 11.3 Å². The largest absolute Gasteiger partial charge is 0.348 e. The van der Waals surface area contributed by atoms with Gasteiger partial charge >= 0.3 is 0 Å². The number of carbonyl (C=O) groups is 2. The molecule has 0 radical (unpaired) electrons. The molecule has 2 amide bonds. The molecule has 5 heteroatoms. The Kier molecular flexibility index (Phi) is 7.04. The Bertz CT molecular complexity index is 818. The predicted molar refractivity (Wildman–Crippen MR) is 117 cm³/mol. The summed E-state index contributed by atoms with van der Waals surface area (Å²) < 4.78 is 0. The van der Waals surface area contributed by atoms with Crippen molar-refractivity contribution in [2.75, 3.05) is 18.0 Å². The Morgan fingerprint density at radius 1 is 1.07 bits per heavy atom. The molecule has 1 N–H and O–H groups in total. The minimum atomic E-state index is -0.0831. The van der Waals surface area contributed by atoms with Gasteiger partial charge in [0.25, 0.3) is 5.91 Å². The van der Waals surface area contributed by atoms with Gasteiger partial charge in [-0.3, -0.25) is 14.5 Å². The molecule has 0 spiro atoms. The number of anilines is 1. The molecule has 29 heavy (non-hydrogen) atoms. The summed E-state index contributed by atoms with van der Waals surface area (Å²) in [5, 5.41) is 3.10. The Morgan fingerprint density at radius 2 is 1.76 bits per heavy atom. The first kappa shape index (κ1) is 21.1. The zero-order chi connectivity index (χ0) is 20.8. The maximum Gasteiger partial charge on any atom is 0.251 e. The van der Waals surface area contributed by atoms with Crippen LogP contribution < -0.4 is 10.2 Å². The quantitative estimate of drug-likeness (QED) is 0.741. The summed E-state index contributed by atoms with van der Waals surface area (Å²) in [7, 11) is 0. The van der Waals surface area contributed by atoms with Crippen LogP contribution in [0.4, 0.5) is 5.69 Å². The molecular weight excluding hydrogens is 362 g/mol. The molecule has 5 nitrogen and oxygen atoms in total. The van der Waals surface area contributed by atoms with Gasteiger partial charge in [0, 0.05) is 49.4 Å². The van der Waals surface area contributed by atoms with Crippen molar-refractivity contribution in [3.63, 3.8) is 0 Å². The second-order valence-corrected chi connectivity index (χ2v) is 8.08. The van der Waals surface area contributed by atoms with Gasteiger partial charge in [0.15, 0.2) is 0 Å². The molecule has 154 valence electrons. The number of benzene rings is 2. The molecule has 1 heterocycles. The zero-order valence-corrected chi connectivity index (χ0v) is 17.6. The molecule has 1 fully saturated rings. The summed E-state index contributed by atoms with van der Waals surface area (Å²) in [5.74, 6) is 0.0724. The van der Waals surface area contributed by atoms with E-state index in [9.17, 15) is 9.59 Å². The lowest BCUT2D eigenvalue weighted by Gasteiger charge is -2.29. The van der Waals surface area contributed by atoms with E-state index < -0.39 is 0 Å². The third kappa shape index (κ3) is 5.67. The van der Waals surface area contributed by atoms with Crippen molar-refractivity contribution in [1.29, 1.82) is 0 Å². The van der Waals surface area contributed by atoms with Crippen LogP contribution in [0.25, 0.3) is 0 Å². The lowest BCUT2D eigenvalue weighted by molar-refractivity contribution is -0.117. The standard InChI is InChI=1S/C24H31N3O2/c1-18(2)26(17-20-8-5-4-6-9-20)16-19(3)25-24(29)21-11-13-22(14-12-21)27-15-7-10-23(27)28/h4-6,8-9,11-14,18-19H,7,10,15-17H2,1-3H3,(H,25,29). The fourth-order valence-electron chi connectivity index (χ4n) is 3.69. The summed E-state index contributed by atoms with van der Waals surface area (Å²) in [5.41, 5.74) is 2.75. The minimum absolute atomic E-state index is 0.0217. The smallest absolute Gasteiger partial charge is 0.251 e. The van der Waals surface area contributed by atoms with Gasteiger partial charge in [0.2, 0.25) is 5.91 Å². The molecule has 0 saturated carbocycles. The fourth-order valence-corrected chi connectivity index (χ4v) is 3.69. The van der Waals surface area contributed by atoms with Crippen LogP contribution in [0, 0.1) is 0 Å². The highest BCUT2D eigenvalue weighted by Crippen LogP contribution is 2.21. The van der Waals surface area contributed by atoms with Crippen molar-refractivity contribution in [1.82, 2.24) is 10.2 Å². The van der Waals surface area contributed by atoms with Crippen LogP contribution in [0.5, 0.6) is 0 Å². The van der Waals surface area contributed by atoms with Crippen molar-refractivity contribution >= 4 is 17.5 Å². The first-order chi connectivity index (χ1) is 13.9. The molecule has 0 aliphatic carbocycles. The molecule has 1 saturated heterocycles. The van der Waals surface area contributed by atoms with Gasteiger partial charge in [-0.05, 0) is 57.0 Å². The van der Waals surface area contributed by atoms with Gasteiger partial charge in [-0.15, -0.1) is 0 Å². The van der Waals surface area contributed by atoms with E-state index in [1.54, 1.807) is 17.0 Å². The number of carbonyl (C=O) groups excluding carboxylic acids is 2. The zero-order valence-electron chi connectivity index (χ0n) is 17.6. The van der Waals surface area contributed by atoms with Crippen molar-refractivity contribution in [3.05, 3.63) is 65.7 Å². The maximum atomic E-state index is 12.7. The average molecular weight is 394 g/mol. The van der Waals surface area contributed by atoms with Crippen molar-refractivity contribution in [2.24, 2.45) is 0 Å². The van der Waals surface area contributed by atoms with E-state index in [0.717, 1.165) is 31.7 Å². The Labute approximate surface area is 173 Å². The Morgan fingerprint density at radius 3 is 2.34 bits per heavy atom. The molecule has 3 rings (SSSR count). The third-order valence-electron chi connectivity index (χ3n) is 5.36. The molecule has 2 aromatic carbocycles. The van der Waals surface area contributed by atoms with Crippen molar-refractivity contribution in [3.8, 4) is 0 Å². The van der Waals surface area contributed by atoms with Crippen LogP contribution in [0.1, 0.15) is 49.5 Å². The summed E-state index contributed by atoms with van der Waals surface area (Å²) in [6, 6.07) is 18.1. The Balaban J connectivity index is 1.56. The molecule has 1 aliphatic rings. The second-order valence-electron chi connectivity index (χ2n) is 8.08. The summed E-state index contributed by atoms with van der Waals surface area (Å²) in [4.78, 5) is 28.7. The summed E-state index contributed by atoms with van der Waals surface area (Å²) >= 11 is 0. The van der Waals surface area contributed by atoms with Crippen LogP contribution in [0.15, 0.2) is 54.6 Å². The van der Waals surface area contributed by atoms with E-state index >= 15 is 0 Å². The van der Waals surface area contributed by atoms with E-state index in [0.29, 0.717) is 18.0 Å². The van der Waals surface area contributed by atoms with E-state index in [4.69, 9.17) is 0 Å². The summed E-state index contributed by atoms with van der Waals surface area (Å²) in [6.07, 6.45) is 1.50. The minimum Gasteiger partial charge on any atom is -0.348 e. The predicted octanol–water partition coefficient (Wildman–Crippen LogP) is 3.84. The molecular formula is C24H31N3O2. The lowest BCUT2D eigenvalue weighted by Crippen LogP contribution is -2.44. The number of nitrogens with one attached hydrogen (secondary N) is 1. The van der Waals surface area contributed by atoms with Crippen LogP contribution in [0.2, 0.25) is 0 Å². The molecule has 1 unspecified atom stereocenters. The third-order valence-corrected chi connectivity index (χ3v) is 5.36. The highest BCUT2D eigenvalue weighted by molar-refractivity contribution is 5.97. The van der Waals surface area contributed by atoms with Crippen LogP contribution in [0.3, 0.4) is 0 Å². The normalized spacial score (nSPS) is 15.2. The topological polar surface area (TPSA) is 52.7 Å². The monoisotopic (exact) mass is 393 g/mol. The van der Waals surface area contributed by atoms with Gasteiger partial charge in [-0.2, -0.15) is 0 Å². The number of nitrogens with zero attached hydrogens (tertiary/aromatic N) is 2. The SMILES string of the molecule is CC(CN(Cc1ccccc1)C(C)C)NC(=O)c1ccc(N2CCCC2=O)cc1. The highest BCUT2D eigenvalue weighted by atomic mass is 16.2.